The molecule has 1 aromatic carbocycles. The monoisotopic (exact) mass is 471 g/mol. The Morgan fingerprint density at radius 1 is 1.23 bits per heavy atom. The summed E-state index contributed by atoms with van der Waals surface area (Å²) in [6.45, 7) is 7.96. The Morgan fingerprint density at radius 2 is 1.87 bits per heavy atom. The summed E-state index contributed by atoms with van der Waals surface area (Å²) in [6.07, 6.45) is 0.585. The van der Waals surface area contributed by atoms with Gasteiger partial charge in [0.1, 0.15) is 11.4 Å². The van der Waals surface area contributed by atoms with Crippen molar-refractivity contribution in [1.29, 1.82) is 0 Å². The molecule has 0 bridgehead atoms. The van der Waals surface area contributed by atoms with Crippen molar-refractivity contribution in [2.75, 3.05) is 24.8 Å². The van der Waals surface area contributed by atoms with E-state index in [4.69, 9.17) is 32.7 Å². The highest BCUT2D eigenvalue weighted by Crippen LogP contribution is 2.21. The maximum Gasteiger partial charge on any atom is 0.415 e. The molecule has 0 saturated heterocycles. The minimum Gasteiger partial charge on any atom is -0.460 e. The van der Waals surface area contributed by atoms with Gasteiger partial charge in [-0.3, -0.25) is 4.79 Å². The molecule has 10 heteroatoms. The first kappa shape index (κ1) is 27.3. The Kier molecular flexibility index (Phi) is 12.0. The van der Waals surface area contributed by atoms with Crippen LogP contribution in [0.3, 0.4) is 0 Å². The highest BCUT2D eigenvalue weighted by atomic mass is 35.5. The van der Waals surface area contributed by atoms with Gasteiger partial charge in [-0.15, -0.1) is 23.2 Å². The molecule has 171 valence electrons. The number of alkyl halides is 2. The number of nitrogens with zero attached hydrogens (tertiary/aromatic N) is 1. The van der Waals surface area contributed by atoms with Crippen LogP contribution in [-0.2, 0) is 20.7 Å². The number of carbonyl (C=O) groups is 3. The number of halogens is 2. The van der Waals surface area contributed by atoms with Crippen molar-refractivity contribution in [3.8, 4) is 5.75 Å². The lowest BCUT2D eigenvalue weighted by atomic mass is 9.91. The highest BCUT2D eigenvalue weighted by molar-refractivity contribution is 6.64. The van der Waals surface area contributed by atoms with E-state index in [0.29, 0.717) is 31.4 Å². The molecule has 0 aliphatic carbocycles. The summed E-state index contributed by atoms with van der Waals surface area (Å²) in [7, 11) is 1.25. The maximum atomic E-state index is 12.4. The minimum absolute atomic E-state index is 0.0737. The van der Waals surface area contributed by atoms with Crippen LogP contribution in [0, 0.1) is 6.92 Å². The Balaban J connectivity index is 2.93. The SMILES string of the molecule is Cc1ccc(OC(=O)N(CCCl)CCCl)cc1C[C@@H](CC(=O)OC(C)(C)C)N[B]C=O. The quantitative estimate of drug-likeness (QED) is 0.218. The van der Waals surface area contributed by atoms with Gasteiger partial charge in [-0.2, -0.15) is 0 Å². The number of aryl methyl sites for hydroxylation is 1. The van der Waals surface area contributed by atoms with Gasteiger partial charge in [-0.25, -0.2) is 4.79 Å². The lowest BCUT2D eigenvalue weighted by molar-refractivity contribution is -0.155. The van der Waals surface area contributed by atoms with Crippen LogP contribution in [0.1, 0.15) is 38.3 Å². The van der Waals surface area contributed by atoms with Crippen LogP contribution in [0.4, 0.5) is 4.79 Å². The molecule has 0 spiro atoms. The fourth-order valence-corrected chi connectivity index (χ4v) is 3.22. The van der Waals surface area contributed by atoms with Gasteiger partial charge in [0.25, 0.3) is 7.41 Å². The predicted molar refractivity (Wildman–Crippen MR) is 124 cm³/mol. The van der Waals surface area contributed by atoms with Crippen molar-refractivity contribution >= 4 is 48.9 Å². The van der Waals surface area contributed by atoms with Crippen LogP contribution in [0.15, 0.2) is 18.2 Å². The van der Waals surface area contributed by atoms with Crippen LogP contribution < -0.4 is 9.96 Å². The van der Waals surface area contributed by atoms with Crippen molar-refractivity contribution in [3.63, 3.8) is 0 Å². The van der Waals surface area contributed by atoms with Crippen LogP contribution in [0.2, 0.25) is 0 Å². The van der Waals surface area contributed by atoms with E-state index < -0.39 is 11.7 Å². The average molecular weight is 472 g/mol. The average Bonchev–Trinajstić information content (AvgIpc) is 2.67. The molecule has 0 fully saturated rings. The van der Waals surface area contributed by atoms with E-state index in [0.717, 1.165) is 11.1 Å². The topological polar surface area (TPSA) is 84.9 Å². The molecular weight excluding hydrogens is 442 g/mol. The lowest BCUT2D eigenvalue weighted by Crippen LogP contribution is -2.38. The van der Waals surface area contributed by atoms with E-state index in [-0.39, 0.29) is 30.2 Å². The minimum atomic E-state index is -0.599. The molecule has 1 N–H and O–H groups in total. The smallest absolute Gasteiger partial charge is 0.415 e. The Morgan fingerprint density at radius 3 is 2.42 bits per heavy atom. The second-order valence-corrected chi connectivity index (χ2v) is 8.74. The van der Waals surface area contributed by atoms with Crippen molar-refractivity contribution in [2.45, 2.75) is 52.2 Å². The predicted octanol–water partition coefficient (Wildman–Crippen LogP) is 3.32. The number of benzene rings is 1. The van der Waals surface area contributed by atoms with Crippen LogP contribution >= 0.6 is 23.2 Å². The molecule has 1 radical (unpaired) electrons. The number of hydrogen-bond acceptors (Lipinski definition) is 6. The molecule has 0 unspecified atom stereocenters. The summed E-state index contributed by atoms with van der Waals surface area (Å²) in [5.74, 6) is 0.546. The van der Waals surface area contributed by atoms with Gasteiger partial charge in [0.2, 0.25) is 0 Å². The summed E-state index contributed by atoms with van der Waals surface area (Å²) in [5.41, 5.74) is 1.23. The van der Waals surface area contributed by atoms with E-state index >= 15 is 0 Å². The number of rotatable bonds is 12. The van der Waals surface area contributed by atoms with E-state index in [9.17, 15) is 14.4 Å². The van der Waals surface area contributed by atoms with Crippen LogP contribution in [0.25, 0.3) is 0 Å². The van der Waals surface area contributed by atoms with Crippen LogP contribution in [0.5, 0.6) is 5.75 Å². The summed E-state index contributed by atoms with van der Waals surface area (Å²) in [4.78, 5) is 36.9. The molecule has 31 heavy (non-hydrogen) atoms. The number of hydrogen-bond donors (Lipinski definition) is 1. The highest BCUT2D eigenvalue weighted by Gasteiger charge is 2.22. The third kappa shape index (κ3) is 10.9. The van der Waals surface area contributed by atoms with Gasteiger partial charge in [-0.1, -0.05) is 6.07 Å². The lowest BCUT2D eigenvalue weighted by Gasteiger charge is -2.23. The van der Waals surface area contributed by atoms with E-state index in [1.807, 2.05) is 13.0 Å². The molecule has 0 aliphatic heterocycles. The second kappa shape index (κ2) is 13.6. The maximum absolute atomic E-state index is 12.4. The zero-order chi connectivity index (χ0) is 23.4. The van der Waals surface area contributed by atoms with Gasteiger partial charge in [0.15, 0.2) is 0 Å². The van der Waals surface area contributed by atoms with E-state index in [1.54, 1.807) is 32.9 Å². The van der Waals surface area contributed by atoms with Crippen LogP contribution in [-0.4, -0.2) is 67.1 Å². The number of esters is 1. The van der Waals surface area contributed by atoms with Crippen molar-refractivity contribution in [2.24, 2.45) is 0 Å². The van der Waals surface area contributed by atoms with E-state index in [1.165, 1.54) is 12.3 Å². The van der Waals surface area contributed by atoms with Gasteiger partial charge in [-0.05, 0) is 57.4 Å². The zero-order valence-electron chi connectivity index (χ0n) is 18.5. The number of ether oxygens (including phenoxy) is 2. The normalized spacial score (nSPS) is 12.1. The summed E-state index contributed by atoms with van der Waals surface area (Å²) >= 11 is 11.5. The Hall–Kier alpha value is -1.77. The van der Waals surface area contributed by atoms with Crippen molar-refractivity contribution in [3.05, 3.63) is 29.3 Å². The molecule has 0 aliphatic rings. The fraction of sp³-hybridized carbons (Fsp3) is 0.571. The first-order valence-corrected chi connectivity index (χ1v) is 11.1. The first-order chi connectivity index (χ1) is 14.6. The zero-order valence-corrected chi connectivity index (χ0v) is 20.0. The number of nitrogens with one attached hydrogen (secondary N) is 1. The van der Waals surface area contributed by atoms with E-state index in [2.05, 4.69) is 5.23 Å². The molecular formula is C21H30BCl2N2O5. The van der Waals surface area contributed by atoms with Gasteiger partial charge in [0.05, 0.1) is 12.6 Å². The first-order valence-electron chi connectivity index (χ1n) is 10.0. The molecule has 1 rings (SSSR count). The standard InChI is InChI=1S/C21H30BCl2N2O5/c1-15-5-6-18(30-20(29)26(9-7-23)10-8-24)12-16(15)11-17(25-22-14-27)13-19(28)31-21(2,3)4/h5-6,12,14,17,25H,7-11,13H2,1-4H3/t17-/m0/s1. The fourth-order valence-electron chi connectivity index (χ4n) is 2.81. The third-order valence-corrected chi connectivity index (χ3v) is 4.53. The summed E-state index contributed by atoms with van der Waals surface area (Å²) in [6, 6.07) is 4.91. The molecule has 0 heterocycles. The molecule has 0 saturated carbocycles. The second-order valence-electron chi connectivity index (χ2n) is 7.98. The number of amides is 1. The van der Waals surface area contributed by atoms with Gasteiger partial charge in [0, 0.05) is 30.9 Å². The Bertz CT molecular complexity index is 737. The Labute approximate surface area is 195 Å². The molecule has 0 aromatic heterocycles. The summed E-state index contributed by atoms with van der Waals surface area (Å²) < 4.78 is 10.9. The largest absolute Gasteiger partial charge is 0.460 e. The molecule has 7 nitrogen and oxygen atoms in total. The van der Waals surface area contributed by atoms with Gasteiger partial charge >= 0.3 is 12.1 Å². The molecule has 1 aromatic rings. The molecule has 1 amide bonds. The van der Waals surface area contributed by atoms with Crippen molar-refractivity contribution in [1.82, 2.24) is 10.1 Å². The third-order valence-electron chi connectivity index (χ3n) is 4.19. The van der Waals surface area contributed by atoms with Gasteiger partial charge < -0.3 is 24.4 Å². The van der Waals surface area contributed by atoms with Crippen molar-refractivity contribution < 1.29 is 23.9 Å². The summed E-state index contributed by atoms with van der Waals surface area (Å²) in [5, 5.41) is 2.93. The molecule has 1 atom stereocenters. The number of carbonyl (C=O) groups excluding carboxylic acids is 3.